The zero-order valence-electron chi connectivity index (χ0n) is 9.65. The third kappa shape index (κ3) is 2.51. The Balaban J connectivity index is 2.40. The molecule has 1 aromatic carbocycles. The first kappa shape index (κ1) is 12.6. The lowest BCUT2D eigenvalue weighted by Crippen LogP contribution is -1.93. The molecule has 0 aliphatic carbocycles. The van der Waals surface area contributed by atoms with E-state index in [2.05, 4.69) is 22.5 Å². The van der Waals surface area contributed by atoms with E-state index in [1.165, 1.54) is 6.20 Å². The molecule has 2 rings (SSSR count). The highest BCUT2D eigenvalue weighted by atomic mass is 79.9. The normalized spacial score (nSPS) is 14.2. The van der Waals surface area contributed by atoms with Gasteiger partial charge in [-0.05, 0) is 23.8 Å². The van der Waals surface area contributed by atoms with E-state index in [4.69, 9.17) is 20.9 Å². The summed E-state index contributed by atoms with van der Waals surface area (Å²) in [5, 5.41) is 0. The summed E-state index contributed by atoms with van der Waals surface area (Å²) >= 11 is 3.48. The molecule has 4 N–H and O–H groups in total. The van der Waals surface area contributed by atoms with Crippen molar-refractivity contribution in [3.8, 4) is 11.5 Å². The lowest BCUT2D eigenvalue weighted by Gasteiger charge is -2.07. The highest BCUT2D eigenvalue weighted by molar-refractivity contribution is 9.10. The standard InChI is InChI=1S/C13H13BrN2O2/c1-8(16)2-3-9(6-15)10-4-12-13(5-11(10)14)18-7-17-12/h2-6H,1,7,15-16H2/b3-2-,9-6+. The summed E-state index contributed by atoms with van der Waals surface area (Å²) in [6.45, 7) is 3.84. The average Bonchev–Trinajstić information content (AvgIpc) is 2.76. The molecule has 0 radical (unpaired) electrons. The van der Waals surface area contributed by atoms with Gasteiger partial charge in [0.05, 0.1) is 0 Å². The molecule has 0 atom stereocenters. The van der Waals surface area contributed by atoms with Gasteiger partial charge in [0.2, 0.25) is 6.79 Å². The van der Waals surface area contributed by atoms with Crippen molar-refractivity contribution < 1.29 is 9.47 Å². The van der Waals surface area contributed by atoms with E-state index in [0.717, 1.165) is 15.6 Å². The van der Waals surface area contributed by atoms with Gasteiger partial charge >= 0.3 is 0 Å². The number of fused-ring (bicyclic) bond motifs is 1. The van der Waals surface area contributed by atoms with Crippen LogP contribution in [0.15, 0.2) is 47.2 Å². The maximum absolute atomic E-state index is 5.63. The van der Waals surface area contributed by atoms with Crippen LogP contribution in [0.2, 0.25) is 0 Å². The van der Waals surface area contributed by atoms with Crippen LogP contribution in [0.1, 0.15) is 5.56 Å². The quantitative estimate of drug-likeness (QED) is 0.842. The van der Waals surface area contributed by atoms with Crippen LogP contribution in [0.3, 0.4) is 0 Å². The summed E-state index contributed by atoms with van der Waals surface area (Å²) in [4.78, 5) is 0. The van der Waals surface area contributed by atoms with Crippen molar-refractivity contribution in [2.45, 2.75) is 0 Å². The number of ether oxygens (including phenoxy) is 2. The van der Waals surface area contributed by atoms with Gasteiger partial charge in [-0.2, -0.15) is 0 Å². The Morgan fingerprint density at radius 1 is 1.28 bits per heavy atom. The van der Waals surface area contributed by atoms with E-state index in [1.54, 1.807) is 12.2 Å². The van der Waals surface area contributed by atoms with E-state index in [0.29, 0.717) is 17.2 Å². The molecule has 0 saturated heterocycles. The van der Waals surface area contributed by atoms with Gasteiger partial charge in [0.1, 0.15) is 0 Å². The van der Waals surface area contributed by atoms with Gasteiger partial charge in [0.25, 0.3) is 0 Å². The fraction of sp³-hybridized carbons (Fsp3) is 0.0769. The van der Waals surface area contributed by atoms with E-state index in [9.17, 15) is 0 Å². The van der Waals surface area contributed by atoms with E-state index < -0.39 is 0 Å². The molecule has 1 aliphatic heterocycles. The van der Waals surface area contributed by atoms with Crippen LogP contribution in [0.25, 0.3) is 5.57 Å². The minimum Gasteiger partial charge on any atom is -0.454 e. The van der Waals surface area contributed by atoms with Crippen LogP contribution >= 0.6 is 15.9 Å². The van der Waals surface area contributed by atoms with Crippen molar-refractivity contribution in [3.05, 3.63) is 52.8 Å². The maximum atomic E-state index is 5.63. The molecule has 0 amide bonds. The predicted molar refractivity (Wildman–Crippen MR) is 74.9 cm³/mol. The third-order valence-corrected chi connectivity index (χ3v) is 3.09. The van der Waals surface area contributed by atoms with Gasteiger partial charge < -0.3 is 20.9 Å². The molecule has 0 saturated carbocycles. The Labute approximate surface area is 114 Å². The molecule has 0 fully saturated rings. The first-order valence-corrected chi connectivity index (χ1v) is 6.05. The highest BCUT2D eigenvalue weighted by Gasteiger charge is 2.17. The Bertz CT molecular complexity index is 550. The fourth-order valence-corrected chi connectivity index (χ4v) is 2.12. The molecular formula is C13H13BrN2O2. The molecule has 94 valence electrons. The van der Waals surface area contributed by atoms with Crippen molar-refractivity contribution in [1.82, 2.24) is 0 Å². The second-order valence-electron chi connectivity index (χ2n) is 3.72. The zero-order valence-corrected chi connectivity index (χ0v) is 11.2. The van der Waals surface area contributed by atoms with Crippen LogP contribution in [0, 0.1) is 0 Å². The molecule has 1 aromatic rings. The first-order valence-electron chi connectivity index (χ1n) is 5.25. The monoisotopic (exact) mass is 308 g/mol. The molecule has 0 aromatic heterocycles. The largest absolute Gasteiger partial charge is 0.454 e. The van der Waals surface area contributed by atoms with Crippen LogP contribution in [0.4, 0.5) is 0 Å². The number of hydrogen-bond donors (Lipinski definition) is 2. The molecule has 1 aliphatic rings. The van der Waals surface area contributed by atoms with Gasteiger partial charge in [-0.1, -0.05) is 28.6 Å². The molecule has 0 bridgehead atoms. The number of hydrogen-bond acceptors (Lipinski definition) is 4. The maximum Gasteiger partial charge on any atom is 0.231 e. The minimum absolute atomic E-state index is 0.238. The third-order valence-electron chi connectivity index (χ3n) is 2.43. The molecular weight excluding hydrogens is 296 g/mol. The predicted octanol–water partition coefficient (Wildman–Crippen LogP) is 2.51. The SMILES string of the molecule is C=C(N)/C=C\C(=C/N)c1cc2c(cc1Br)OCO2. The molecule has 0 spiro atoms. The van der Waals surface area contributed by atoms with Crippen molar-refractivity contribution in [2.24, 2.45) is 11.5 Å². The second kappa shape index (κ2) is 5.18. The number of halogens is 1. The van der Waals surface area contributed by atoms with Gasteiger partial charge in [-0.3, -0.25) is 0 Å². The Morgan fingerprint density at radius 3 is 2.56 bits per heavy atom. The van der Waals surface area contributed by atoms with E-state index in [1.807, 2.05) is 12.1 Å². The lowest BCUT2D eigenvalue weighted by molar-refractivity contribution is 0.174. The molecule has 0 unspecified atom stereocenters. The first-order chi connectivity index (χ1) is 8.61. The van der Waals surface area contributed by atoms with E-state index in [-0.39, 0.29) is 6.79 Å². The lowest BCUT2D eigenvalue weighted by atomic mass is 10.1. The highest BCUT2D eigenvalue weighted by Crippen LogP contribution is 2.39. The molecule has 1 heterocycles. The number of rotatable bonds is 3. The summed E-state index contributed by atoms with van der Waals surface area (Å²) in [6, 6.07) is 3.72. The summed E-state index contributed by atoms with van der Waals surface area (Å²) in [6.07, 6.45) is 4.99. The topological polar surface area (TPSA) is 70.5 Å². The molecule has 18 heavy (non-hydrogen) atoms. The van der Waals surface area contributed by atoms with Gasteiger partial charge in [-0.15, -0.1) is 0 Å². The molecule has 5 heteroatoms. The number of nitrogens with two attached hydrogens (primary N) is 2. The van der Waals surface area contributed by atoms with Crippen LogP contribution in [0.5, 0.6) is 11.5 Å². The summed E-state index contributed by atoms with van der Waals surface area (Å²) in [5.41, 5.74) is 13.3. The van der Waals surface area contributed by atoms with Crippen LogP contribution in [-0.2, 0) is 0 Å². The smallest absolute Gasteiger partial charge is 0.231 e. The van der Waals surface area contributed by atoms with Crippen molar-refractivity contribution in [3.63, 3.8) is 0 Å². The van der Waals surface area contributed by atoms with Crippen molar-refractivity contribution >= 4 is 21.5 Å². The van der Waals surface area contributed by atoms with Crippen LogP contribution in [-0.4, -0.2) is 6.79 Å². The summed E-state index contributed by atoms with van der Waals surface area (Å²) in [7, 11) is 0. The minimum atomic E-state index is 0.238. The van der Waals surface area contributed by atoms with Crippen LogP contribution < -0.4 is 20.9 Å². The average molecular weight is 309 g/mol. The zero-order chi connectivity index (χ0) is 13.1. The Morgan fingerprint density at radius 2 is 1.94 bits per heavy atom. The van der Waals surface area contributed by atoms with Gasteiger partial charge in [0.15, 0.2) is 11.5 Å². The summed E-state index contributed by atoms with van der Waals surface area (Å²) < 4.78 is 11.5. The fourth-order valence-electron chi connectivity index (χ4n) is 1.57. The number of benzene rings is 1. The Kier molecular flexibility index (Phi) is 3.62. The van der Waals surface area contributed by atoms with Crippen molar-refractivity contribution in [1.29, 1.82) is 0 Å². The van der Waals surface area contributed by atoms with Gasteiger partial charge in [0, 0.05) is 21.9 Å². The molecule has 4 nitrogen and oxygen atoms in total. The second-order valence-corrected chi connectivity index (χ2v) is 4.57. The Hall–Kier alpha value is -1.88. The number of allylic oxidation sites excluding steroid dienone is 3. The van der Waals surface area contributed by atoms with Gasteiger partial charge in [-0.25, -0.2) is 0 Å². The summed E-state index contributed by atoms with van der Waals surface area (Å²) in [5.74, 6) is 1.42. The van der Waals surface area contributed by atoms with E-state index >= 15 is 0 Å². The van der Waals surface area contributed by atoms with Crippen molar-refractivity contribution in [2.75, 3.05) is 6.79 Å².